The van der Waals surface area contributed by atoms with Crippen LogP contribution in [-0.4, -0.2) is 18.9 Å². The van der Waals surface area contributed by atoms with Gasteiger partial charge in [0.1, 0.15) is 11.4 Å². The maximum atomic E-state index is 13.5. The van der Waals surface area contributed by atoms with Crippen LogP contribution in [0.25, 0.3) is 6.08 Å². The molecule has 0 unspecified atom stereocenters. The van der Waals surface area contributed by atoms with Crippen LogP contribution < -0.4 is 15.4 Å². The smallest absolute Gasteiger partial charge is 0.268 e. The number of methoxy groups -OCH3 is 1. The second-order valence-corrected chi connectivity index (χ2v) is 8.46. The summed E-state index contributed by atoms with van der Waals surface area (Å²) in [4.78, 5) is 27.3. The summed E-state index contributed by atoms with van der Waals surface area (Å²) >= 11 is 1.48. The van der Waals surface area contributed by atoms with E-state index < -0.39 is 0 Å². The van der Waals surface area contributed by atoms with Crippen molar-refractivity contribution in [2.45, 2.75) is 6.04 Å². The van der Waals surface area contributed by atoms with Gasteiger partial charge in [-0.3, -0.25) is 9.59 Å². The van der Waals surface area contributed by atoms with E-state index in [-0.39, 0.29) is 23.6 Å². The van der Waals surface area contributed by atoms with Gasteiger partial charge < -0.3 is 15.4 Å². The zero-order chi connectivity index (χ0) is 23.8. The number of carbonyl (C=O) groups is 2. The molecule has 34 heavy (non-hydrogen) atoms. The number of benzene rings is 3. The van der Waals surface area contributed by atoms with Gasteiger partial charge in [-0.15, -0.1) is 11.3 Å². The van der Waals surface area contributed by atoms with Gasteiger partial charge in [0.25, 0.3) is 11.8 Å². The average Bonchev–Trinajstić information content (AvgIpc) is 3.41. The lowest BCUT2D eigenvalue weighted by molar-refractivity contribution is -0.118. The molecule has 0 fully saturated rings. The summed E-state index contributed by atoms with van der Waals surface area (Å²) in [7, 11) is 1.57. The van der Waals surface area contributed by atoms with Gasteiger partial charge in [-0.25, -0.2) is 0 Å². The normalized spacial score (nSPS) is 11.2. The molecule has 2 N–H and O–H groups in total. The van der Waals surface area contributed by atoms with E-state index in [0.717, 1.165) is 16.0 Å². The highest BCUT2D eigenvalue weighted by atomic mass is 32.1. The van der Waals surface area contributed by atoms with Gasteiger partial charge in [0.05, 0.1) is 13.2 Å². The van der Waals surface area contributed by atoms with Gasteiger partial charge in [0, 0.05) is 10.4 Å². The number of carbonyl (C=O) groups excluding carboxylic acids is 2. The van der Waals surface area contributed by atoms with Crippen molar-refractivity contribution in [3.63, 3.8) is 0 Å². The Labute approximate surface area is 202 Å². The van der Waals surface area contributed by atoms with Crippen LogP contribution >= 0.6 is 11.3 Å². The van der Waals surface area contributed by atoms with E-state index in [0.29, 0.717) is 11.3 Å². The minimum absolute atomic E-state index is 0.167. The fourth-order valence-corrected chi connectivity index (χ4v) is 4.13. The van der Waals surface area contributed by atoms with E-state index in [1.54, 1.807) is 37.5 Å². The van der Waals surface area contributed by atoms with Crippen molar-refractivity contribution in [3.05, 3.63) is 130 Å². The summed E-state index contributed by atoms with van der Waals surface area (Å²) in [6.45, 7) is 0. The predicted octanol–water partition coefficient (Wildman–Crippen LogP) is 5.43. The molecule has 6 heteroatoms. The van der Waals surface area contributed by atoms with Gasteiger partial charge in [0.2, 0.25) is 0 Å². The third kappa shape index (κ3) is 5.79. The Kier molecular flexibility index (Phi) is 7.53. The van der Waals surface area contributed by atoms with Crippen molar-refractivity contribution in [2.24, 2.45) is 0 Å². The minimum Gasteiger partial charge on any atom is -0.497 e. The number of nitrogens with one attached hydrogen (secondary N) is 2. The van der Waals surface area contributed by atoms with Crippen LogP contribution in [0.15, 0.2) is 108 Å². The van der Waals surface area contributed by atoms with Crippen LogP contribution in [0.4, 0.5) is 0 Å². The lowest BCUT2D eigenvalue weighted by Crippen LogP contribution is -2.37. The summed E-state index contributed by atoms with van der Waals surface area (Å²) in [6.07, 6.45) is 1.69. The van der Waals surface area contributed by atoms with Crippen molar-refractivity contribution >= 4 is 29.2 Å². The van der Waals surface area contributed by atoms with Crippen molar-refractivity contribution in [1.82, 2.24) is 10.6 Å². The molecule has 170 valence electrons. The van der Waals surface area contributed by atoms with Gasteiger partial charge in [-0.2, -0.15) is 0 Å². The maximum absolute atomic E-state index is 13.5. The molecular weight excluding hydrogens is 444 g/mol. The fraction of sp³-hybridized carbons (Fsp3) is 0.0714. The van der Waals surface area contributed by atoms with Crippen LogP contribution in [0.1, 0.15) is 32.4 Å². The number of amides is 2. The summed E-state index contributed by atoms with van der Waals surface area (Å²) in [5, 5.41) is 7.81. The average molecular weight is 469 g/mol. The molecule has 0 spiro atoms. The highest BCUT2D eigenvalue weighted by molar-refractivity contribution is 7.10. The van der Waals surface area contributed by atoms with Crippen LogP contribution in [0, 0.1) is 0 Å². The second kappa shape index (κ2) is 11.1. The summed E-state index contributed by atoms with van der Waals surface area (Å²) in [5.74, 6) is -0.109. The first kappa shape index (κ1) is 23.0. The monoisotopic (exact) mass is 468 g/mol. The molecule has 0 aliphatic carbocycles. The largest absolute Gasteiger partial charge is 0.497 e. The molecular formula is C28H24N2O3S. The first-order chi connectivity index (χ1) is 16.6. The number of hydrogen-bond donors (Lipinski definition) is 2. The van der Waals surface area contributed by atoms with Gasteiger partial charge >= 0.3 is 0 Å². The lowest BCUT2D eigenvalue weighted by Gasteiger charge is -2.21. The molecule has 0 atom stereocenters. The molecule has 0 saturated heterocycles. The standard InChI is InChI=1S/C28H24N2O3S/c1-33-23-16-14-22(15-17-23)27(31)29-25(19-24-13-8-18-34-24)28(32)30-26(20-9-4-2-5-10-20)21-11-6-3-7-12-21/h2-19,26H,1H3,(H,29,31)(H,30,32)/b25-19-. The van der Waals surface area contributed by atoms with E-state index in [2.05, 4.69) is 10.6 Å². The zero-order valence-electron chi connectivity index (χ0n) is 18.6. The molecule has 4 aromatic rings. The Morgan fingerprint density at radius 3 is 1.97 bits per heavy atom. The SMILES string of the molecule is COc1ccc(C(=O)N/C(=C\c2cccs2)C(=O)NC(c2ccccc2)c2ccccc2)cc1. The fourth-order valence-electron chi connectivity index (χ4n) is 3.47. The molecule has 0 aliphatic rings. The second-order valence-electron chi connectivity index (χ2n) is 7.48. The first-order valence-electron chi connectivity index (χ1n) is 10.8. The van der Waals surface area contributed by atoms with Crippen molar-refractivity contribution in [1.29, 1.82) is 0 Å². The third-order valence-corrected chi connectivity index (χ3v) is 6.04. The van der Waals surface area contributed by atoms with E-state index >= 15 is 0 Å². The molecule has 1 heterocycles. The van der Waals surface area contributed by atoms with Crippen LogP contribution in [0.2, 0.25) is 0 Å². The molecule has 0 aliphatic heterocycles. The molecule has 4 rings (SSSR count). The highest BCUT2D eigenvalue weighted by Gasteiger charge is 2.21. The van der Waals surface area contributed by atoms with Gasteiger partial charge in [0.15, 0.2) is 0 Å². The highest BCUT2D eigenvalue weighted by Crippen LogP contribution is 2.23. The quantitative estimate of drug-likeness (QED) is 0.339. The van der Waals surface area contributed by atoms with Crippen LogP contribution in [0.5, 0.6) is 5.75 Å². The van der Waals surface area contributed by atoms with Gasteiger partial charge in [-0.1, -0.05) is 66.7 Å². The van der Waals surface area contributed by atoms with Crippen molar-refractivity contribution < 1.29 is 14.3 Å². The van der Waals surface area contributed by atoms with Gasteiger partial charge in [-0.05, 0) is 52.9 Å². The van der Waals surface area contributed by atoms with Crippen LogP contribution in [-0.2, 0) is 4.79 Å². The zero-order valence-corrected chi connectivity index (χ0v) is 19.4. The number of thiophene rings is 1. The Morgan fingerprint density at radius 2 is 1.44 bits per heavy atom. The number of rotatable bonds is 8. The van der Waals surface area contributed by atoms with Crippen molar-refractivity contribution in [3.8, 4) is 5.75 Å². The van der Waals surface area contributed by atoms with E-state index in [4.69, 9.17) is 4.74 Å². The Hall–Kier alpha value is -4.16. The minimum atomic E-state index is -0.382. The maximum Gasteiger partial charge on any atom is 0.268 e. The number of hydrogen-bond acceptors (Lipinski definition) is 4. The predicted molar refractivity (Wildman–Crippen MR) is 136 cm³/mol. The van der Waals surface area contributed by atoms with E-state index in [1.165, 1.54) is 11.3 Å². The van der Waals surface area contributed by atoms with E-state index in [1.807, 2.05) is 78.2 Å². The van der Waals surface area contributed by atoms with Crippen molar-refractivity contribution in [2.75, 3.05) is 7.11 Å². The topological polar surface area (TPSA) is 67.4 Å². The Morgan fingerprint density at radius 1 is 0.824 bits per heavy atom. The van der Waals surface area contributed by atoms with Crippen LogP contribution in [0.3, 0.4) is 0 Å². The molecule has 5 nitrogen and oxygen atoms in total. The molecule has 3 aromatic carbocycles. The lowest BCUT2D eigenvalue weighted by atomic mass is 9.98. The number of ether oxygens (including phenoxy) is 1. The summed E-state index contributed by atoms with van der Waals surface area (Å²) < 4.78 is 5.16. The molecule has 0 radical (unpaired) electrons. The molecule has 0 bridgehead atoms. The third-order valence-electron chi connectivity index (χ3n) is 5.22. The molecule has 1 aromatic heterocycles. The van der Waals surface area contributed by atoms with E-state index in [9.17, 15) is 9.59 Å². The summed E-state index contributed by atoms with van der Waals surface area (Å²) in [5.41, 5.74) is 2.48. The molecule has 0 saturated carbocycles. The first-order valence-corrected chi connectivity index (χ1v) is 11.6. The summed E-state index contributed by atoms with van der Waals surface area (Å²) in [6, 6.07) is 29.6. The Balaban J connectivity index is 1.62. The Bertz CT molecular complexity index is 1210. The molecule has 2 amide bonds.